The van der Waals surface area contributed by atoms with Gasteiger partial charge in [-0.2, -0.15) is 5.10 Å². The molecular formula is C19H16F3N5O3. The van der Waals surface area contributed by atoms with Crippen molar-refractivity contribution in [2.75, 3.05) is 11.9 Å². The predicted octanol–water partition coefficient (Wildman–Crippen LogP) is 3.03. The van der Waals surface area contributed by atoms with Gasteiger partial charge >= 0.3 is 12.4 Å². The lowest BCUT2D eigenvalue weighted by Gasteiger charge is -2.11. The molecular weight excluding hydrogens is 403 g/mol. The fraction of sp³-hybridized carbons (Fsp3) is 0.158. The normalized spacial score (nSPS) is 11.0. The van der Waals surface area contributed by atoms with Crippen LogP contribution >= 0.6 is 0 Å². The summed E-state index contributed by atoms with van der Waals surface area (Å²) < 4.78 is 41.4. The Morgan fingerprint density at radius 3 is 2.53 bits per heavy atom. The van der Waals surface area contributed by atoms with Crippen molar-refractivity contribution in [3.63, 3.8) is 0 Å². The van der Waals surface area contributed by atoms with Crippen LogP contribution in [-0.4, -0.2) is 33.7 Å². The second-order valence-electron chi connectivity index (χ2n) is 5.97. The molecule has 1 aromatic carbocycles. The van der Waals surface area contributed by atoms with E-state index in [-0.39, 0.29) is 24.3 Å². The van der Waals surface area contributed by atoms with Crippen LogP contribution in [0.3, 0.4) is 0 Å². The van der Waals surface area contributed by atoms with Crippen LogP contribution in [0.1, 0.15) is 0 Å². The van der Waals surface area contributed by atoms with Crippen molar-refractivity contribution in [1.29, 1.82) is 0 Å². The van der Waals surface area contributed by atoms with Gasteiger partial charge < -0.3 is 15.4 Å². The third-order valence-corrected chi connectivity index (χ3v) is 3.78. The van der Waals surface area contributed by atoms with Crippen molar-refractivity contribution in [2.24, 2.45) is 0 Å². The fourth-order valence-electron chi connectivity index (χ4n) is 2.47. The van der Waals surface area contributed by atoms with Gasteiger partial charge in [-0.05, 0) is 42.5 Å². The summed E-state index contributed by atoms with van der Waals surface area (Å²) in [5.41, 5.74) is 1.25. The number of hydrogen-bond acceptors (Lipinski definition) is 5. The van der Waals surface area contributed by atoms with E-state index in [2.05, 4.69) is 25.5 Å². The molecule has 0 atom stereocenters. The van der Waals surface area contributed by atoms with Gasteiger partial charge in [0.1, 0.15) is 5.75 Å². The van der Waals surface area contributed by atoms with Crippen LogP contribution < -0.4 is 20.9 Å². The van der Waals surface area contributed by atoms with Crippen LogP contribution in [0.25, 0.3) is 11.3 Å². The Morgan fingerprint density at radius 1 is 1.10 bits per heavy atom. The molecule has 0 aliphatic carbocycles. The van der Waals surface area contributed by atoms with Crippen LogP contribution in [0.2, 0.25) is 0 Å². The zero-order chi connectivity index (χ0) is 21.6. The maximum absolute atomic E-state index is 12.1. The molecule has 0 aliphatic heterocycles. The minimum Gasteiger partial charge on any atom is -0.406 e. The molecule has 2 amide bonds. The van der Waals surface area contributed by atoms with Crippen molar-refractivity contribution in [3.8, 4) is 17.0 Å². The van der Waals surface area contributed by atoms with Gasteiger partial charge in [0.25, 0.3) is 5.56 Å². The number of hydrogen-bond donors (Lipinski definition) is 2. The highest BCUT2D eigenvalue weighted by Crippen LogP contribution is 2.23. The van der Waals surface area contributed by atoms with Crippen LogP contribution in [0.4, 0.5) is 23.7 Å². The van der Waals surface area contributed by atoms with E-state index in [0.717, 1.165) is 17.7 Å². The van der Waals surface area contributed by atoms with Crippen LogP contribution in [0.15, 0.2) is 65.7 Å². The number of urea groups is 1. The smallest absolute Gasteiger partial charge is 0.406 e. The van der Waals surface area contributed by atoms with Gasteiger partial charge in [0.2, 0.25) is 0 Å². The lowest BCUT2D eigenvalue weighted by atomic mass is 10.2. The molecule has 0 radical (unpaired) electrons. The summed E-state index contributed by atoms with van der Waals surface area (Å²) in [5.74, 6) is -0.396. The number of carbonyl (C=O) groups is 1. The summed E-state index contributed by atoms with van der Waals surface area (Å²) in [4.78, 5) is 27.9. The number of amides is 2. The molecule has 0 saturated heterocycles. The highest BCUT2D eigenvalue weighted by molar-refractivity contribution is 5.89. The van der Waals surface area contributed by atoms with E-state index in [0.29, 0.717) is 5.69 Å². The molecule has 8 nitrogen and oxygen atoms in total. The lowest BCUT2D eigenvalue weighted by Crippen LogP contribution is -2.34. The molecule has 0 aliphatic rings. The average Bonchev–Trinajstić information content (AvgIpc) is 2.70. The fourth-order valence-corrected chi connectivity index (χ4v) is 2.47. The first kappa shape index (κ1) is 20.8. The number of benzene rings is 1. The SMILES string of the molecule is O=C(NCCn1nc(-c2cccnc2)ccc1=O)Nc1ccc(OC(F)(F)F)cc1. The van der Waals surface area contributed by atoms with E-state index in [1.165, 1.54) is 22.9 Å². The van der Waals surface area contributed by atoms with Gasteiger partial charge in [-0.25, -0.2) is 9.48 Å². The van der Waals surface area contributed by atoms with E-state index >= 15 is 0 Å². The number of pyridine rings is 1. The Morgan fingerprint density at radius 2 is 1.87 bits per heavy atom. The van der Waals surface area contributed by atoms with E-state index in [1.54, 1.807) is 30.6 Å². The Bertz CT molecular complexity index is 1050. The van der Waals surface area contributed by atoms with Crippen LogP contribution in [0, 0.1) is 0 Å². The molecule has 0 spiro atoms. The van der Waals surface area contributed by atoms with Crippen molar-refractivity contribution >= 4 is 11.7 Å². The Balaban J connectivity index is 1.53. The first-order chi connectivity index (χ1) is 14.3. The van der Waals surface area contributed by atoms with Gasteiger partial charge in [0, 0.05) is 36.3 Å². The van der Waals surface area contributed by atoms with Crippen LogP contribution in [-0.2, 0) is 6.54 Å². The Hall–Kier alpha value is -3.89. The number of aromatic nitrogens is 3. The minimum atomic E-state index is -4.78. The number of nitrogens with zero attached hydrogens (tertiary/aromatic N) is 3. The molecule has 11 heteroatoms. The standard InChI is InChI=1S/C19H16F3N5O3/c20-19(21,22)30-15-5-3-14(4-6-15)25-18(29)24-10-11-27-17(28)8-7-16(26-27)13-2-1-9-23-12-13/h1-9,12H,10-11H2,(H2,24,25,29). The summed E-state index contributed by atoms with van der Waals surface area (Å²) in [5, 5.41) is 9.26. The molecule has 0 bridgehead atoms. The molecule has 0 unspecified atom stereocenters. The van der Waals surface area contributed by atoms with E-state index < -0.39 is 18.1 Å². The maximum Gasteiger partial charge on any atom is 0.573 e. The van der Waals surface area contributed by atoms with E-state index in [9.17, 15) is 22.8 Å². The van der Waals surface area contributed by atoms with Gasteiger partial charge in [0.15, 0.2) is 0 Å². The summed E-state index contributed by atoms with van der Waals surface area (Å²) in [6, 6.07) is 10.6. The third kappa shape index (κ3) is 6.06. The van der Waals surface area contributed by atoms with E-state index in [4.69, 9.17) is 0 Å². The van der Waals surface area contributed by atoms with Crippen molar-refractivity contribution in [1.82, 2.24) is 20.1 Å². The van der Waals surface area contributed by atoms with Crippen molar-refractivity contribution < 1.29 is 22.7 Å². The summed E-state index contributed by atoms with van der Waals surface area (Å²) in [6.45, 7) is 0.225. The number of carbonyl (C=O) groups excluding carboxylic acids is 1. The molecule has 2 N–H and O–H groups in total. The second-order valence-corrected chi connectivity index (χ2v) is 5.97. The quantitative estimate of drug-likeness (QED) is 0.640. The zero-order valence-corrected chi connectivity index (χ0v) is 15.4. The predicted molar refractivity (Wildman–Crippen MR) is 102 cm³/mol. The molecule has 2 heterocycles. The second kappa shape index (κ2) is 9.07. The summed E-state index contributed by atoms with van der Waals surface area (Å²) in [7, 11) is 0. The highest BCUT2D eigenvalue weighted by Gasteiger charge is 2.30. The Kier molecular flexibility index (Phi) is 6.30. The number of halogens is 3. The molecule has 0 saturated carbocycles. The Labute approximate surface area is 168 Å². The molecule has 156 valence electrons. The number of anilines is 1. The first-order valence-corrected chi connectivity index (χ1v) is 8.69. The van der Waals surface area contributed by atoms with Crippen molar-refractivity contribution in [3.05, 3.63) is 71.3 Å². The third-order valence-electron chi connectivity index (χ3n) is 3.78. The zero-order valence-electron chi connectivity index (χ0n) is 15.4. The summed E-state index contributed by atoms with van der Waals surface area (Å²) >= 11 is 0. The van der Waals surface area contributed by atoms with Crippen molar-refractivity contribution in [2.45, 2.75) is 12.9 Å². The van der Waals surface area contributed by atoms with Gasteiger partial charge in [-0.1, -0.05) is 0 Å². The molecule has 3 aromatic rings. The van der Waals surface area contributed by atoms with Crippen LogP contribution in [0.5, 0.6) is 5.75 Å². The number of alkyl halides is 3. The first-order valence-electron chi connectivity index (χ1n) is 8.69. The molecule has 0 fully saturated rings. The number of ether oxygens (including phenoxy) is 1. The van der Waals surface area contributed by atoms with Gasteiger partial charge in [-0.15, -0.1) is 13.2 Å². The monoisotopic (exact) mass is 419 g/mol. The van der Waals surface area contributed by atoms with Gasteiger partial charge in [-0.3, -0.25) is 9.78 Å². The summed E-state index contributed by atoms with van der Waals surface area (Å²) in [6.07, 6.45) is -1.54. The molecule has 2 aromatic heterocycles. The maximum atomic E-state index is 12.1. The number of nitrogens with one attached hydrogen (secondary N) is 2. The minimum absolute atomic E-state index is 0.102. The highest BCUT2D eigenvalue weighted by atomic mass is 19.4. The molecule has 30 heavy (non-hydrogen) atoms. The van der Waals surface area contributed by atoms with Gasteiger partial charge in [0.05, 0.1) is 12.2 Å². The van der Waals surface area contributed by atoms with E-state index in [1.807, 2.05) is 0 Å². The lowest BCUT2D eigenvalue weighted by molar-refractivity contribution is -0.274. The number of rotatable bonds is 6. The average molecular weight is 419 g/mol. The largest absolute Gasteiger partial charge is 0.573 e. The topological polar surface area (TPSA) is 98.1 Å². The molecule has 3 rings (SSSR count).